The number of aromatic hydroxyl groups is 1. The van der Waals surface area contributed by atoms with E-state index in [0.717, 1.165) is 11.1 Å². The minimum absolute atomic E-state index is 0.0193. The summed E-state index contributed by atoms with van der Waals surface area (Å²) in [6.07, 6.45) is 3.18. The topological polar surface area (TPSA) is 61.4 Å². The molecule has 4 nitrogen and oxygen atoms in total. The number of phenols is 1. The summed E-state index contributed by atoms with van der Waals surface area (Å²) in [4.78, 5) is 11.7. The molecule has 2 rings (SSSR count). The summed E-state index contributed by atoms with van der Waals surface area (Å²) >= 11 is 5.99. The highest BCUT2D eigenvalue weighted by molar-refractivity contribution is 6.32. The number of rotatable bonds is 3. The molecule has 5 heteroatoms. The van der Waals surface area contributed by atoms with Crippen LogP contribution in [0.4, 0.5) is 10.5 Å². The number of anilines is 1. The van der Waals surface area contributed by atoms with E-state index in [-0.39, 0.29) is 5.75 Å². The average molecular weight is 303 g/mol. The lowest BCUT2D eigenvalue weighted by Gasteiger charge is -2.07. The van der Waals surface area contributed by atoms with Crippen molar-refractivity contribution in [3.8, 4) is 5.75 Å². The fourth-order valence-corrected chi connectivity index (χ4v) is 1.92. The van der Waals surface area contributed by atoms with Gasteiger partial charge in [-0.3, -0.25) is 0 Å². The summed E-state index contributed by atoms with van der Waals surface area (Å²) in [6.45, 7) is 1.87. The van der Waals surface area contributed by atoms with Crippen LogP contribution in [0.1, 0.15) is 11.1 Å². The van der Waals surface area contributed by atoms with Crippen molar-refractivity contribution < 1.29 is 9.90 Å². The fraction of sp³-hybridized carbons (Fsp3) is 0.0625. The summed E-state index contributed by atoms with van der Waals surface area (Å²) in [7, 11) is 0. The number of urea groups is 1. The van der Waals surface area contributed by atoms with E-state index in [1.807, 2.05) is 25.1 Å². The molecule has 0 radical (unpaired) electrons. The van der Waals surface area contributed by atoms with Gasteiger partial charge in [-0.1, -0.05) is 35.9 Å². The maximum atomic E-state index is 11.7. The third-order valence-corrected chi connectivity index (χ3v) is 3.13. The number of nitrogens with one attached hydrogen (secondary N) is 2. The minimum atomic E-state index is -0.445. The highest BCUT2D eigenvalue weighted by Crippen LogP contribution is 2.23. The molecule has 0 bridgehead atoms. The molecular weight excluding hydrogens is 288 g/mol. The van der Waals surface area contributed by atoms with E-state index in [4.69, 9.17) is 11.6 Å². The zero-order chi connectivity index (χ0) is 15.2. The Kier molecular flexibility index (Phi) is 4.85. The van der Waals surface area contributed by atoms with Crippen molar-refractivity contribution in [1.82, 2.24) is 5.32 Å². The van der Waals surface area contributed by atoms with Gasteiger partial charge in [0.15, 0.2) is 0 Å². The SMILES string of the molecule is Cc1ccc(O)c(NC(=O)N/C=C/c2ccccc2Cl)c1. The number of halogens is 1. The van der Waals surface area contributed by atoms with E-state index < -0.39 is 6.03 Å². The molecule has 0 heterocycles. The highest BCUT2D eigenvalue weighted by atomic mass is 35.5. The van der Waals surface area contributed by atoms with Gasteiger partial charge in [-0.15, -0.1) is 0 Å². The Morgan fingerprint density at radius 3 is 2.76 bits per heavy atom. The Balaban J connectivity index is 1.96. The second kappa shape index (κ2) is 6.81. The van der Waals surface area contributed by atoms with Gasteiger partial charge in [0, 0.05) is 11.2 Å². The molecule has 3 N–H and O–H groups in total. The van der Waals surface area contributed by atoms with E-state index in [2.05, 4.69) is 10.6 Å². The highest BCUT2D eigenvalue weighted by Gasteiger charge is 2.04. The predicted octanol–water partition coefficient (Wildman–Crippen LogP) is 4.15. The van der Waals surface area contributed by atoms with Gasteiger partial charge in [0.25, 0.3) is 0 Å². The number of benzene rings is 2. The first kappa shape index (κ1) is 14.9. The van der Waals surface area contributed by atoms with Crippen LogP contribution in [0.3, 0.4) is 0 Å². The number of aryl methyl sites for hydroxylation is 1. The van der Waals surface area contributed by atoms with Gasteiger partial charge in [0.2, 0.25) is 0 Å². The lowest BCUT2D eigenvalue weighted by molar-refractivity contribution is 0.255. The van der Waals surface area contributed by atoms with E-state index in [0.29, 0.717) is 10.7 Å². The van der Waals surface area contributed by atoms with Crippen molar-refractivity contribution in [2.45, 2.75) is 6.92 Å². The van der Waals surface area contributed by atoms with E-state index in [9.17, 15) is 9.90 Å². The fourth-order valence-electron chi connectivity index (χ4n) is 1.73. The zero-order valence-corrected chi connectivity index (χ0v) is 12.2. The van der Waals surface area contributed by atoms with Crippen LogP contribution in [-0.4, -0.2) is 11.1 Å². The Bertz CT molecular complexity index is 684. The molecule has 0 fully saturated rings. The first-order valence-corrected chi connectivity index (χ1v) is 6.72. The molecule has 0 saturated heterocycles. The Morgan fingerprint density at radius 1 is 1.24 bits per heavy atom. The molecular formula is C16H15ClN2O2. The quantitative estimate of drug-likeness (QED) is 0.746. The molecule has 0 aliphatic rings. The number of hydrogen-bond donors (Lipinski definition) is 3. The predicted molar refractivity (Wildman–Crippen MR) is 85.5 cm³/mol. The van der Waals surface area contributed by atoms with Gasteiger partial charge < -0.3 is 15.7 Å². The molecule has 108 valence electrons. The second-order valence-electron chi connectivity index (χ2n) is 4.47. The molecule has 0 aliphatic heterocycles. The number of amides is 2. The molecule has 0 aliphatic carbocycles. The Hall–Kier alpha value is -2.46. The number of phenolic OH excluding ortho intramolecular Hbond substituents is 1. The van der Waals surface area contributed by atoms with Crippen molar-refractivity contribution in [2.24, 2.45) is 0 Å². The monoisotopic (exact) mass is 302 g/mol. The smallest absolute Gasteiger partial charge is 0.323 e. The van der Waals surface area contributed by atoms with E-state index in [1.54, 1.807) is 24.3 Å². The summed E-state index contributed by atoms with van der Waals surface area (Å²) in [5.41, 5.74) is 2.10. The van der Waals surface area contributed by atoms with Crippen LogP contribution in [-0.2, 0) is 0 Å². The number of hydrogen-bond acceptors (Lipinski definition) is 2. The molecule has 0 saturated carbocycles. The molecule has 0 aromatic heterocycles. The maximum absolute atomic E-state index is 11.7. The number of carbonyl (C=O) groups excluding carboxylic acids is 1. The van der Waals surface area contributed by atoms with Gasteiger partial charge in [-0.25, -0.2) is 4.79 Å². The molecule has 2 amide bonds. The third kappa shape index (κ3) is 4.26. The second-order valence-corrected chi connectivity index (χ2v) is 4.88. The van der Waals surface area contributed by atoms with Gasteiger partial charge >= 0.3 is 6.03 Å². The molecule has 0 unspecified atom stereocenters. The van der Waals surface area contributed by atoms with Gasteiger partial charge in [0.1, 0.15) is 5.75 Å². The third-order valence-electron chi connectivity index (χ3n) is 2.78. The van der Waals surface area contributed by atoms with Crippen LogP contribution in [0.2, 0.25) is 5.02 Å². The van der Waals surface area contributed by atoms with E-state index >= 15 is 0 Å². The maximum Gasteiger partial charge on any atom is 0.323 e. The van der Waals surface area contributed by atoms with Crippen molar-refractivity contribution in [3.05, 3.63) is 64.8 Å². The van der Waals surface area contributed by atoms with Gasteiger partial charge in [-0.05, 0) is 42.3 Å². The zero-order valence-electron chi connectivity index (χ0n) is 11.4. The summed E-state index contributed by atoms with van der Waals surface area (Å²) in [5, 5.41) is 15.4. The van der Waals surface area contributed by atoms with Crippen molar-refractivity contribution in [2.75, 3.05) is 5.32 Å². The lowest BCUT2D eigenvalue weighted by atomic mass is 10.2. The van der Waals surface area contributed by atoms with Crippen LogP contribution in [0.25, 0.3) is 6.08 Å². The lowest BCUT2D eigenvalue weighted by Crippen LogP contribution is -2.23. The molecule has 0 atom stereocenters. The van der Waals surface area contributed by atoms with E-state index in [1.165, 1.54) is 12.3 Å². The van der Waals surface area contributed by atoms with Crippen LogP contribution in [0, 0.1) is 6.92 Å². The van der Waals surface area contributed by atoms with Crippen LogP contribution in [0.5, 0.6) is 5.75 Å². The van der Waals surface area contributed by atoms with Crippen LogP contribution < -0.4 is 10.6 Å². The van der Waals surface area contributed by atoms with Gasteiger partial charge in [-0.2, -0.15) is 0 Å². The summed E-state index contributed by atoms with van der Waals surface area (Å²) < 4.78 is 0. The first-order valence-electron chi connectivity index (χ1n) is 6.34. The van der Waals surface area contributed by atoms with Crippen molar-refractivity contribution in [3.63, 3.8) is 0 Å². The molecule has 2 aromatic rings. The standard InChI is InChI=1S/C16H15ClN2O2/c1-11-6-7-15(20)14(10-11)19-16(21)18-9-8-12-4-2-3-5-13(12)17/h2-10,20H,1H3,(H2,18,19,21)/b9-8+. The molecule has 2 aromatic carbocycles. The van der Waals surface area contributed by atoms with Crippen LogP contribution >= 0.6 is 11.6 Å². The summed E-state index contributed by atoms with van der Waals surface area (Å²) in [6, 6.07) is 11.8. The Morgan fingerprint density at radius 2 is 2.00 bits per heavy atom. The Labute approximate surface area is 128 Å². The normalized spacial score (nSPS) is 10.6. The average Bonchev–Trinajstić information content (AvgIpc) is 2.45. The number of carbonyl (C=O) groups is 1. The van der Waals surface area contributed by atoms with Crippen LogP contribution in [0.15, 0.2) is 48.7 Å². The van der Waals surface area contributed by atoms with Gasteiger partial charge in [0.05, 0.1) is 5.69 Å². The summed E-state index contributed by atoms with van der Waals surface area (Å²) in [5.74, 6) is 0.0193. The minimum Gasteiger partial charge on any atom is -0.506 e. The van der Waals surface area contributed by atoms with Crippen molar-refractivity contribution in [1.29, 1.82) is 0 Å². The molecule has 21 heavy (non-hydrogen) atoms. The largest absolute Gasteiger partial charge is 0.506 e. The first-order chi connectivity index (χ1) is 10.1. The van der Waals surface area contributed by atoms with Crippen molar-refractivity contribution >= 4 is 29.4 Å². The molecule has 0 spiro atoms.